The first-order chi connectivity index (χ1) is 14.1. The van der Waals surface area contributed by atoms with Crippen molar-refractivity contribution in [2.75, 3.05) is 0 Å². The molecule has 0 fully saturated rings. The molecule has 1 heterocycles. The fraction of sp³-hybridized carbons (Fsp3) is 0.120. The van der Waals surface area contributed by atoms with Gasteiger partial charge in [0.15, 0.2) is 0 Å². The molecule has 1 aromatic heterocycles. The Morgan fingerprint density at radius 3 is 1.62 bits per heavy atom. The zero-order valence-electron chi connectivity index (χ0n) is 16.2. The fourth-order valence-corrected chi connectivity index (χ4v) is 4.06. The minimum atomic E-state index is -0.886. The van der Waals surface area contributed by atoms with E-state index in [9.17, 15) is 9.90 Å². The van der Waals surface area contributed by atoms with E-state index in [1.807, 2.05) is 61.5 Å². The summed E-state index contributed by atoms with van der Waals surface area (Å²) in [6.45, 7) is 1.94. The minimum absolute atomic E-state index is 0.104. The quantitative estimate of drug-likeness (QED) is 0.494. The van der Waals surface area contributed by atoms with Gasteiger partial charge in [0.2, 0.25) is 0 Å². The highest BCUT2D eigenvalue weighted by Crippen LogP contribution is 2.41. The van der Waals surface area contributed by atoms with E-state index in [0.717, 1.165) is 22.4 Å². The average molecular weight is 382 g/mol. The molecule has 0 unspecified atom stereocenters. The van der Waals surface area contributed by atoms with Gasteiger partial charge < -0.3 is 9.67 Å². The summed E-state index contributed by atoms with van der Waals surface area (Å²) in [4.78, 5) is 15.8. The largest absolute Gasteiger partial charge is 0.481 e. The highest BCUT2D eigenvalue weighted by Gasteiger charge is 2.39. The van der Waals surface area contributed by atoms with Crippen LogP contribution in [0.25, 0.3) is 0 Å². The van der Waals surface area contributed by atoms with Gasteiger partial charge in [0.05, 0.1) is 18.4 Å². The molecule has 144 valence electrons. The summed E-state index contributed by atoms with van der Waals surface area (Å²) in [6, 6.07) is 30.8. The number of nitrogens with zero attached hydrogens (tertiary/aromatic N) is 2. The zero-order chi connectivity index (χ0) is 20.3. The molecule has 0 aliphatic rings. The summed E-state index contributed by atoms with van der Waals surface area (Å²) in [5, 5.41) is 9.31. The van der Waals surface area contributed by atoms with Crippen molar-refractivity contribution < 1.29 is 9.90 Å². The van der Waals surface area contributed by atoms with Crippen LogP contribution in [0.2, 0.25) is 0 Å². The molecule has 0 spiro atoms. The van der Waals surface area contributed by atoms with Crippen LogP contribution in [0.5, 0.6) is 0 Å². The van der Waals surface area contributed by atoms with Crippen molar-refractivity contribution in [2.24, 2.45) is 0 Å². The third kappa shape index (κ3) is 3.23. The molecule has 0 atom stereocenters. The number of rotatable bonds is 6. The van der Waals surface area contributed by atoms with Crippen LogP contribution in [0.4, 0.5) is 0 Å². The van der Waals surface area contributed by atoms with Gasteiger partial charge in [-0.15, -0.1) is 0 Å². The number of carboxylic acids is 1. The molecule has 0 radical (unpaired) electrons. The van der Waals surface area contributed by atoms with Gasteiger partial charge in [-0.2, -0.15) is 0 Å². The molecule has 0 amide bonds. The highest BCUT2D eigenvalue weighted by atomic mass is 16.4. The number of carbonyl (C=O) groups is 1. The average Bonchev–Trinajstić information content (AvgIpc) is 3.11. The van der Waals surface area contributed by atoms with E-state index in [2.05, 4.69) is 45.9 Å². The molecular formula is C25H22N2O2. The minimum Gasteiger partial charge on any atom is -0.481 e. The predicted octanol–water partition coefficient (Wildman–Crippen LogP) is 4.66. The smallest absolute Gasteiger partial charge is 0.309 e. The molecule has 4 rings (SSSR count). The SMILES string of the molecule is Cc1c(CC(=O)O)ncn1C(c1ccccc1)(c1ccccc1)c1ccccc1. The summed E-state index contributed by atoms with van der Waals surface area (Å²) in [6.07, 6.45) is 1.66. The Morgan fingerprint density at radius 2 is 1.24 bits per heavy atom. The second kappa shape index (κ2) is 7.76. The molecule has 1 N–H and O–H groups in total. The van der Waals surface area contributed by atoms with Gasteiger partial charge in [-0.25, -0.2) is 4.98 Å². The first-order valence-electron chi connectivity index (χ1n) is 9.55. The molecule has 29 heavy (non-hydrogen) atoms. The van der Waals surface area contributed by atoms with Crippen molar-refractivity contribution in [2.45, 2.75) is 18.9 Å². The Kier molecular flexibility index (Phi) is 5.00. The highest BCUT2D eigenvalue weighted by molar-refractivity contribution is 5.70. The molecule has 0 saturated carbocycles. The molecule has 0 aliphatic carbocycles. The van der Waals surface area contributed by atoms with E-state index in [-0.39, 0.29) is 6.42 Å². The molecule has 0 saturated heterocycles. The number of aliphatic carboxylic acids is 1. The van der Waals surface area contributed by atoms with Crippen LogP contribution in [-0.4, -0.2) is 20.6 Å². The zero-order valence-corrected chi connectivity index (χ0v) is 16.2. The standard InChI is InChI=1S/C25H22N2O2/c1-19-23(17-24(28)29)26-18-27(19)25(20-11-5-2-6-12-20,21-13-7-3-8-14-21)22-15-9-4-10-16-22/h2-16,18H,17H2,1H3,(H,28,29). The van der Waals surface area contributed by atoms with Crippen LogP contribution < -0.4 is 0 Å². The van der Waals surface area contributed by atoms with E-state index in [1.165, 1.54) is 0 Å². The van der Waals surface area contributed by atoms with E-state index in [0.29, 0.717) is 5.69 Å². The lowest BCUT2D eigenvalue weighted by Crippen LogP contribution is -2.38. The van der Waals surface area contributed by atoms with Gasteiger partial charge >= 0.3 is 5.97 Å². The van der Waals surface area contributed by atoms with Crippen molar-refractivity contribution in [1.29, 1.82) is 0 Å². The normalized spacial score (nSPS) is 11.3. The maximum Gasteiger partial charge on any atom is 0.309 e. The van der Waals surface area contributed by atoms with E-state index >= 15 is 0 Å². The van der Waals surface area contributed by atoms with Gasteiger partial charge in [0.25, 0.3) is 0 Å². The predicted molar refractivity (Wildman–Crippen MR) is 113 cm³/mol. The first-order valence-corrected chi connectivity index (χ1v) is 9.55. The number of hydrogen-bond donors (Lipinski definition) is 1. The first kappa shape index (κ1) is 18.7. The Balaban J connectivity index is 2.10. The van der Waals surface area contributed by atoms with Gasteiger partial charge in [0.1, 0.15) is 5.54 Å². The number of aromatic nitrogens is 2. The van der Waals surface area contributed by atoms with Gasteiger partial charge in [0, 0.05) is 5.69 Å². The maximum atomic E-state index is 11.3. The number of imidazole rings is 1. The van der Waals surface area contributed by atoms with Crippen LogP contribution in [0.3, 0.4) is 0 Å². The Labute approximate surface area is 170 Å². The molecule has 3 aromatic carbocycles. The molecule has 0 aliphatic heterocycles. The summed E-state index contributed by atoms with van der Waals surface area (Å²) < 4.78 is 2.10. The third-order valence-electron chi connectivity index (χ3n) is 5.36. The summed E-state index contributed by atoms with van der Waals surface area (Å²) >= 11 is 0. The van der Waals surface area contributed by atoms with E-state index in [1.54, 1.807) is 6.33 Å². The monoisotopic (exact) mass is 382 g/mol. The second-order valence-corrected chi connectivity index (χ2v) is 7.03. The van der Waals surface area contributed by atoms with Crippen molar-refractivity contribution in [3.05, 3.63) is 125 Å². The van der Waals surface area contributed by atoms with Crippen molar-refractivity contribution in [1.82, 2.24) is 9.55 Å². The Hall–Kier alpha value is -3.66. The molecular weight excluding hydrogens is 360 g/mol. The van der Waals surface area contributed by atoms with Gasteiger partial charge in [-0.1, -0.05) is 91.0 Å². The van der Waals surface area contributed by atoms with Crippen LogP contribution in [0.15, 0.2) is 97.3 Å². The lowest BCUT2D eigenvalue weighted by Gasteiger charge is -2.38. The number of hydrogen-bond acceptors (Lipinski definition) is 2. The summed E-state index contributed by atoms with van der Waals surface area (Å²) in [7, 11) is 0. The molecule has 0 bridgehead atoms. The summed E-state index contributed by atoms with van der Waals surface area (Å²) in [5.74, 6) is -0.886. The van der Waals surface area contributed by atoms with Gasteiger partial charge in [-0.05, 0) is 23.6 Å². The topological polar surface area (TPSA) is 55.1 Å². The van der Waals surface area contributed by atoms with Gasteiger partial charge in [-0.3, -0.25) is 4.79 Å². The molecule has 4 nitrogen and oxygen atoms in total. The lowest BCUT2D eigenvalue weighted by molar-refractivity contribution is -0.136. The van der Waals surface area contributed by atoms with Crippen LogP contribution >= 0.6 is 0 Å². The van der Waals surface area contributed by atoms with Crippen molar-refractivity contribution in [3.63, 3.8) is 0 Å². The molecule has 4 heteroatoms. The number of carboxylic acid groups (broad SMARTS) is 1. The summed E-state index contributed by atoms with van der Waals surface area (Å²) in [5.41, 5.74) is 3.99. The number of benzene rings is 3. The van der Waals surface area contributed by atoms with Crippen LogP contribution in [0, 0.1) is 6.92 Å². The van der Waals surface area contributed by atoms with Crippen LogP contribution in [-0.2, 0) is 16.8 Å². The third-order valence-corrected chi connectivity index (χ3v) is 5.36. The molecule has 4 aromatic rings. The Bertz CT molecular complexity index is 1010. The van der Waals surface area contributed by atoms with Crippen molar-refractivity contribution in [3.8, 4) is 0 Å². The maximum absolute atomic E-state index is 11.3. The Morgan fingerprint density at radius 1 is 0.828 bits per heavy atom. The lowest BCUT2D eigenvalue weighted by atomic mass is 9.76. The van der Waals surface area contributed by atoms with E-state index < -0.39 is 11.5 Å². The van der Waals surface area contributed by atoms with E-state index in [4.69, 9.17) is 0 Å². The van der Waals surface area contributed by atoms with Crippen LogP contribution in [0.1, 0.15) is 28.1 Å². The fourth-order valence-electron chi connectivity index (χ4n) is 4.06. The van der Waals surface area contributed by atoms with Crippen molar-refractivity contribution >= 4 is 5.97 Å². The second-order valence-electron chi connectivity index (χ2n) is 7.03.